The largest absolute Gasteiger partial charge is 0.468 e. The number of aromatic nitrogens is 3. The van der Waals surface area contributed by atoms with Crippen molar-refractivity contribution in [2.75, 3.05) is 7.11 Å². The number of hydrogen-bond donors (Lipinski definition) is 1. The summed E-state index contributed by atoms with van der Waals surface area (Å²) >= 11 is 0. The molecule has 0 saturated heterocycles. The monoisotopic (exact) mass is 235 g/mol. The average molecular weight is 235 g/mol. The van der Waals surface area contributed by atoms with E-state index < -0.39 is 23.8 Å². The lowest BCUT2D eigenvalue weighted by atomic mass is 10.3. The summed E-state index contributed by atoms with van der Waals surface area (Å²) in [5.41, 5.74) is -0.836. The first-order valence-corrected chi connectivity index (χ1v) is 4.77. The van der Waals surface area contributed by atoms with E-state index in [1.165, 1.54) is 25.6 Å². The minimum Gasteiger partial charge on any atom is -0.468 e. The van der Waals surface area contributed by atoms with Crippen LogP contribution in [0.3, 0.4) is 0 Å². The molecule has 7 nitrogen and oxygen atoms in total. The summed E-state index contributed by atoms with van der Waals surface area (Å²) < 4.78 is 5.18. The van der Waals surface area contributed by atoms with Gasteiger partial charge in [-0.25, -0.2) is 9.36 Å². The topological polar surface area (TPSA) is 94.1 Å². The summed E-state index contributed by atoms with van der Waals surface area (Å²) in [6, 6.07) is 1.51. The maximum atomic E-state index is 11.9. The number of aromatic amines is 1. The number of hydrogen-bond acceptors (Lipinski definition) is 5. The third-order valence-electron chi connectivity index (χ3n) is 2.30. The Balaban J connectivity index is 2.68. The fraction of sp³-hybridized carbons (Fsp3) is 0.200. The maximum absolute atomic E-state index is 11.9. The van der Waals surface area contributed by atoms with Crippen LogP contribution in [-0.4, -0.2) is 27.6 Å². The summed E-state index contributed by atoms with van der Waals surface area (Å²) in [4.78, 5) is 40.8. The van der Waals surface area contributed by atoms with Crippen molar-refractivity contribution in [2.45, 2.75) is 6.54 Å². The second-order valence-electron chi connectivity index (χ2n) is 3.32. The van der Waals surface area contributed by atoms with Crippen molar-refractivity contribution in [3.05, 3.63) is 39.3 Å². The predicted molar refractivity (Wildman–Crippen MR) is 58.6 cm³/mol. The Bertz CT molecular complexity index is 686. The molecule has 0 aliphatic carbocycles. The quantitative estimate of drug-likeness (QED) is 0.692. The van der Waals surface area contributed by atoms with Crippen LogP contribution in [0, 0.1) is 0 Å². The smallest absolute Gasteiger partial charge is 0.329 e. The molecule has 0 amide bonds. The highest BCUT2D eigenvalue weighted by molar-refractivity contribution is 5.76. The summed E-state index contributed by atoms with van der Waals surface area (Å²) in [5.74, 6) is -0.666. The highest BCUT2D eigenvalue weighted by Crippen LogP contribution is 2.00. The molecular weight excluding hydrogens is 226 g/mol. The number of rotatable bonds is 2. The number of nitrogens with one attached hydrogen (secondary N) is 1. The van der Waals surface area contributed by atoms with E-state index >= 15 is 0 Å². The number of ether oxygens (including phenoxy) is 1. The van der Waals surface area contributed by atoms with E-state index in [1.807, 2.05) is 0 Å². The van der Waals surface area contributed by atoms with Crippen molar-refractivity contribution >= 4 is 16.9 Å². The molecule has 0 atom stereocenters. The number of esters is 1. The number of pyridine rings is 1. The molecule has 2 aromatic rings. The lowest BCUT2D eigenvalue weighted by molar-refractivity contribution is -0.141. The van der Waals surface area contributed by atoms with Gasteiger partial charge >= 0.3 is 11.7 Å². The summed E-state index contributed by atoms with van der Waals surface area (Å²) in [7, 11) is 1.18. The maximum Gasteiger partial charge on any atom is 0.329 e. The van der Waals surface area contributed by atoms with Gasteiger partial charge in [-0.2, -0.15) is 0 Å². The fourth-order valence-corrected chi connectivity index (χ4v) is 1.43. The fourth-order valence-electron chi connectivity index (χ4n) is 1.43. The lowest BCUT2D eigenvalue weighted by Gasteiger charge is -2.04. The van der Waals surface area contributed by atoms with Gasteiger partial charge in [0.15, 0.2) is 0 Å². The number of carbonyl (C=O) groups excluding carboxylic acids is 1. The number of methoxy groups -OCH3 is 1. The first-order chi connectivity index (χ1) is 8.13. The Kier molecular flexibility index (Phi) is 2.73. The van der Waals surface area contributed by atoms with Gasteiger partial charge in [-0.05, 0) is 6.07 Å². The van der Waals surface area contributed by atoms with E-state index in [9.17, 15) is 14.4 Å². The zero-order valence-corrected chi connectivity index (χ0v) is 8.97. The summed E-state index contributed by atoms with van der Waals surface area (Å²) in [6.45, 7) is -0.421. The number of fused-ring (bicyclic) bond motifs is 1. The van der Waals surface area contributed by atoms with E-state index in [2.05, 4.69) is 14.7 Å². The van der Waals surface area contributed by atoms with Gasteiger partial charge in [0.05, 0.1) is 18.0 Å². The Morgan fingerprint density at radius 1 is 1.53 bits per heavy atom. The van der Waals surface area contributed by atoms with E-state index in [0.717, 1.165) is 4.57 Å². The Morgan fingerprint density at radius 3 is 3.00 bits per heavy atom. The van der Waals surface area contributed by atoms with Gasteiger partial charge in [-0.15, -0.1) is 0 Å². The molecule has 2 aromatic heterocycles. The van der Waals surface area contributed by atoms with Gasteiger partial charge in [0.25, 0.3) is 5.56 Å². The third-order valence-corrected chi connectivity index (χ3v) is 2.30. The van der Waals surface area contributed by atoms with Crippen LogP contribution in [0.5, 0.6) is 0 Å². The van der Waals surface area contributed by atoms with Crippen molar-refractivity contribution < 1.29 is 9.53 Å². The number of carbonyl (C=O) groups is 1. The van der Waals surface area contributed by atoms with E-state index in [4.69, 9.17) is 0 Å². The molecule has 7 heteroatoms. The second-order valence-corrected chi connectivity index (χ2v) is 3.32. The van der Waals surface area contributed by atoms with E-state index in [0.29, 0.717) is 5.52 Å². The van der Waals surface area contributed by atoms with Gasteiger partial charge in [-0.3, -0.25) is 14.6 Å². The Morgan fingerprint density at radius 2 is 2.29 bits per heavy atom. The van der Waals surface area contributed by atoms with Gasteiger partial charge < -0.3 is 9.72 Å². The highest BCUT2D eigenvalue weighted by Gasteiger charge is 2.10. The minimum absolute atomic E-state index is 0.246. The predicted octanol–water partition coefficient (Wildman–Crippen LogP) is -0.742. The molecule has 0 fully saturated rings. The third kappa shape index (κ3) is 1.94. The standard InChI is InChI=1S/C10H9N3O4/c1-17-8(14)5-13-9(15)6-4-11-3-2-7(6)12-10(13)16/h2-4H,5H2,1H3,(H,12,16). The molecule has 0 aliphatic heterocycles. The lowest BCUT2D eigenvalue weighted by Crippen LogP contribution is -2.37. The molecule has 88 valence electrons. The van der Waals surface area contributed by atoms with Crippen LogP contribution in [-0.2, 0) is 16.1 Å². The molecule has 0 radical (unpaired) electrons. The molecule has 0 unspecified atom stereocenters. The molecular formula is C10H9N3O4. The van der Waals surface area contributed by atoms with Gasteiger partial charge in [0, 0.05) is 12.4 Å². The van der Waals surface area contributed by atoms with Gasteiger partial charge in [0.2, 0.25) is 0 Å². The molecule has 0 saturated carbocycles. The van der Waals surface area contributed by atoms with Crippen molar-refractivity contribution in [1.29, 1.82) is 0 Å². The van der Waals surface area contributed by atoms with Gasteiger partial charge in [-0.1, -0.05) is 0 Å². The van der Waals surface area contributed by atoms with Crippen LogP contribution in [0.2, 0.25) is 0 Å². The zero-order chi connectivity index (χ0) is 12.4. The van der Waals surface area contributed by atoms with Crippen molar-refractivity contribution in [3.8, 4) is 0 Å². The number of nitrogens with zero attached hydrogens (tertiary/aromatic N) is 2. The molecule has 0 aromatic carbocycles. The molecule has 0 aliphatic rings. The highest BCUT2D eigenvalue weighted by atomic mass is 16.5. The second kappa shape index (κ2) is 4.20. The van der Waals surface area contributed by atoms with Gasteiger partial charge in [0.1, 0.15) is 6.54 Å². The van der Waals surface area contributed by atoms with E-state index in [-0.39, 0.29) is 5.39 Å². The normalized spacial score (nSPS) is 10.4. The molecule has 0 spiro atoms. The van der Waals surface area contributed by atoms with Crippen molar-refractivity contribution in [1.82, 2.24) is 14.5 Å². The van der Waals surface area contributed by atoms with Crippen LogP contribution >= 0.6 is 0 Å². The first-order valence-electron chi connectivity index (χ1n) is 4.77. The average Bonchev–Trinajstić information content (AvgIpc) is 2.34. The summed E-state index contributed by atoms with van der Waals surface area (Å²) in [6.07, 6.45) is 2.80. The molecule has 0 bridgehead atoms. The Hall–Kier alpha value is -2.44. The number of H-pyrrole nitrogens is 1. The molecule has 1 N–H and O–H groups in total. The SMILES string of the molecule is COC(=O)Cn1c(=O)[nH]c2ccncc2c1=O. The van der Waals surface area contributed by atoms with Crippen molar-refractivity contribution in [2.24, 2.45) is 0 Å². The molecule has 17 heavy (non-hydrogen) atoms. The minimum atomic E-state index is -0.666. The van der Waals surface area contributed by atoms with Crippen LogP contribution in [0.4, 0.5) is 0 Å². The van der Waals surface area contributed by atoms with Crippen molar-refractivity contribution in [3.63, 3.8) is 0 Å². The van der Waals surface area contributed by atoms with E-state index in [1.54, 1.807) is 0 Å². The zero-order valence-electron chi connectivity index (χ0n) is 8.97. The Labute approximate surface area is 94.7 Å². The van der Waals surface area contributed by atoms with Crippen LogP contribution in [0.15, 0.2) is 28.0 Å². The molecule has 2 heterocycles. The van der Waals surface area contributed by atoms with Crippen LogP contribution < -0.4 is 11.2 Å². The molecule has 2 rings (SSSR count). The van der Waals surface area contributed by atoms with Crippen LogP contribution in [0.25, 0.3) is 10.9 Å². The van der Waals surface area contributed by atoms with Crippen LogP contribution in [0.1, 0.15) is 0 Å². The summed E-state index contributed by atoms with van der Waals surface area (Å²) in [5, 5.41) is 0.246. The first kappa shape index (κ1) is 11.1.